The zero-order chi connectivity index (χ0) is 17.9. The highest BCUT2D eigenvalue weighted by Crippen LogP contribution is 2.30. The van der Waals surface area contributed by atoms with Gasteiger partial charge in [0.2, 0.25) is 0 Å². The van der Waals surface area contributed by atoms with Crippen LogP contribution < -0.4 is 4.31 Å². The van der Waals surface area contributed by atoms with Gasteiger partial charge in [-0.15, -0.1) is 0 Å². The largest absolute Gasteiger partial charge is 0.266 e. The lowest BCUT2D eigenvalue weighted by atomic mass is 10.2. The molecule has 0 N–H and O–H groups in total. The first-order chi connectivity index (χ1) is 12.0. The van der Waals surface area contributed by atoms with E-state index < -0.39 is 10.0 Å². The molecular weight excluding hydrogens is 377 g/mol. The minimum absolute atomic E-state index is 0.0718. The number of halogens is 2. The van der Waals surface area contributed by atoms with Crippen LogP contribution >= 0.6 is 23.2 Å². The number of anilines is 1. The van der Waals surface area contributed by atoms with Gasteiger partial charge in [-0.2, -0.15) is 0 Å². The van der Waals surface area contributed by atoms with E-state index >= 15 is 0 Å². The number of nitrogens with zero attached hydrogens (tertiary/aromatic N) is 1. The first-order valence-corrected chi connectivity index (χ1v) is 9.75. The van der Waals surface area contributed by atoms with E-state index in [1.54, 1.807) is 42.5 Å². The van der Waals surface area contributed by atoms with E-state index in [0.717, 1.165) is 5.56 Å². The summed E-state index contributed by atoms with van der Waals surface area (Å²) in [4.78, 5) is 0.0718. The van der Waals surface area contributed by atoms with Crippen molar-refractivity contribution >= 4 is 38.9 Å². The van der Waals surface area contributed by atoms with Crippen molar-refractivity contribution in [3.8, 4) is 0 Å². The monoisotopic (exact) mass is 391 g/mol. The van der Waals surface area contributed by atoms with Gasteiger partial charge in [0.05, 0.1) is 17.3 Å². The zero-order valence-electron chi connectivity index (χ0n) is 13.1. The molecule has 3 aromatic rings. The normalized spacial score (nSPS) is 11.3. The molecule has 0 aromatic heterocycles. The molecule has 0 saturated carbocycles. The maximum atomic E-state index is 13.3. The van der Waals surface area contributed by atoms with E-state index in [2.05, 4.69) is 0 Å². The Morgan fingerprint density at radius 2 is 1.36 bits per heavy atom. The third kappa shape index (κ3) is 3.98. The summed E-state index contributed by atoms with van der Waals surface area (Å²) in [5.41, 5.74) is 1.39. The Bertz CT molecular complexity index is 958. The van der Waals surface area contributed by atoms with Gasteiger partial charge < -0.3 is 0 Å². The van der Waals surface area contributed by atoms with Crippen LogP contribution in [0.3, 0.4) is 0 Å². The van der Waals surface area contributed by atoms with E-state index in [1.165, 1.54) is 10.4 Å². The van der Waals surface area contributed by atoms with Gasteiger partial charge in [-0.25, -0.2) is 8.42 Å². The summed E-state index contributed by atoms with van der Waals surface area (Å²) >= 11 is 12.1. The van der Waals surface area contributed by atoms with E-state index in [4.69, 9.17) is 23.2 Å². The van der Waals surface area contributed by atoms with Crippen molar-refractivity contribution in [2.45, 2.75) is 11.4 Å². The van der Waals surface area contributed by atoms with Gasteiger partial charge in [0, 0.05) is 5.02 Å². The zero-order valence-corrected chi connectivity index (χ0v) is 15.5. The molecule has 0 atom stereocenters. The third-order valence-corrected chi connectivity index (χ3v) is 6.21. The summed E-state index contributed by atoms with van der Waals surface area (Å²) < 4.78 is 27.8. The first-order valence-electron chi connectivity index (χ1n) is 7.55. The summed E-state index contributed by atoms with van der Waals surface area (Å²) in [6.45, 7) is 0.191. The quantitative estimate of drug-likeness (QED) is 0.584. The second-order valence-electron chi connectivity index (χ2n) is 5.40. The Kier molecular flexibility index (Phi) is 5.33. The van der Waals surface area contributed by atoms with Gasteiger partial charge in [-0.1, -0.05) is 65.7 Å². The van der Waals surface area contributed by atoms with Crippen LogP contribution in [0.25, 0.3) is 0 Å². The van der Waals surface area contributed by atoms with Gasteiger partial charge in [0.25, 0.3) is 10.0 Å². The molecule has 25 heavy (non-hydrogen) atoms. The van der Waals surface area contributed by atoms with Crippen LogP contribution in [0.5, 0.6) is 0 Å². The molecule has 3 aromatic carbocycles. The molecule has 6 heteroatoms. The molecule has 0 aliphatic heterocycles. The maximum Gasteiger partial charge on any atom is 0.266 e. The molecule has 0 radical (unpaired) electrons. The predicted molar refractivity (Wildman–Crippen MR) is 103 cm³/mol. The fourth-order valence-corrected chi connectivity index (χ4v) is 4.52. The highest BCUT2D eigenvalue weighted by atomic mass is 35.5. The fourth-order valence-electron chi connectivity index (χ4n) is 2.44. The lowest BCUT2D eigenvalue weighted by molar-refractivity contribution is 0.590. The predicted octanol–water partition coefficient (Wildman–Crippen LogP) is 5.39. The van der Waals surface area contributed by atoms with Crippen LogP contribution in [-0.2, 0) is 16.6 Å². The average molecular weight is 392 g/mol. The van der Waals surface area contributed by atoms with Gasteiger partial charge in [0.15, 0.2) is 0 Å². The van der Waals surface area contributed by atoms with Crippen molar-refractivity contribution in [1.82, 2.24) is 0 Å². The van der Waals surface area contributed by atoms with Crippen LogP contribution in [0.4, 0.5) is 5.69 Å². The third-order valence-electron chi connectivity index (χ3n) is 3.69. The summed E-state index contributed by atoms with van der Waals surface area (Å²) in [5.74, 6) is 0. The first kappa shape index (κ1) is 17.8. The molecule has 3 nitrogen and oxygen atoms in total. The van der Waals surface area contributed by atoms with Crippen LogP contribution in [0, 0.1) is 0 Å². The van der Waals surface area contributed by atoms with Gasteiger partial charge in [0.1, 0.15) is 4.90 Å². The molecule has 0 unspecified atom stereocenters. The molecule has 0 fully saturated rings. The van der Waals surface area contributed by atoms with Crippen LogP contribution in [0.15, 0.2) is 83.8 Å². The van der Waals surface area contributed by atoms with Crippen molar-refractivity contribution in [2.24, 2.45) is 0 Å². The molecule has 0 spiro atoms. The molecule has 0 saturated heterocycles. The van der Waals surface area contributed by atoms with Crippen molar-refractivity contribution in [2.75, 3.05) is 4.31 Å². The number of benzene rings is 3. The molecule has 128 valence electrons. The summed E-state index contributed by atoms with van der Waals surface area (Å²) in [6, 6.07) is 22.5. The van der Waals surface area contributed by atoms with Crippen molar-refractivity contribution in [1.29, 1.82) is 0 Å². The summed E-state index contributed by atoms with van der Waals surface area (Å²) in [6.07, 6.45) is 0. The SMILES string of the molecule is O=S(=O)(c1ccccc1Cl)N(Cc1ccccc1)c1ccc(Cl)cc1. The Balaban J connectivity index is 2.10. The number of sulfonamides is 1. The topological polar surface area (TPSA) is 37.4 Å². The Labute approximate surface area is 157 Å². The summed E-state index contributed by atoms with van der Waals surface area (Å²) in [7, 11) is -3.84. The lowest BCUT2D eigenvalue weighted by Crippen LogP contribution is -2.30. The highest BCUT2D eigenvalue weighted by Gasteiger charge is 2.27. The number of rotatable bonds is 5. The maximum absolute atomic E-state index is 13.3. The molecule has 0 heterocycles. The number of hydrogen-bond donors (Lipinski definition) is 0. The van der Waals surface area contributed by atoms with E-state index in [-0.39, 0.29) is 16.5 Å². The fraction of sp³-hybridized carbons (Fsp3) is 0.0526. The average Bonchev–Trinajstić information content (AvgIpc) is 2.61. The van der Waals surface area contributed by atoms with Crippen LogP contribution in [0.2, 0.25) is 10.0 Å². The molecule has 3 rings (SSSR count). The van der Waals surface area contributed by atoms with Crippen molar-refractivity contribution in [3.63, 3.8) is 0 Å². The second-order valence-corrected chi connectivity index (χ2v) is 8.08. The smallest absolute Gasteiger partial charge is 0.262 e. The van der Waals surface area contributed by atoms with Crippen molar-refractivity contribution in [3.05, 3.63) is 94.5 Å². The molecule has 0 bridgehead atoms. The molecule has 0 amide bonds. The number of hydrogen-bond acceptors (Lipinski definition) is 2. The molecular formula is C19H15Cl2NO2S. The molecule has 0 aliphatic rings. The van der Waals surface area contributed by atoms with Crippen LogP contribution in [0.1, 0.15) is 5.56 Å². The van der Waals surface area contributed by atoms with Gasteiger partial charge in [-0.3, -0.25) is 4.31 Å². The Morgan fingerprint density at radius 1 is 0.760 bits per heavy atom. The standard InChI is InChI=1S/C19H15Cl2NO2S/c20-16-10-12-17(13-11-16)22(14-15-6-2-1-3-7-15)25(23,24)19-9-5-4-8-18(19)21/h1-13H,14H2. The Morgan fingerprint density at radius 3 is 2.00 bits per heavy atom. The van der Waals surface area contributed by atoms with Crippen molar-refractivity contribution < 1.29 is 8.42 Å². The molecule has 0 aliphatic carbocycles. The Hall–Kier alpha value is -2.01. The van der Waals surface area contributed by atoms with Crippen LogP contribution in [-0.4, -0.2) is 8.42 Å². The van der Waals surface area contributed by atoms with E-state index in [9.17, 15) is 8.42 Å². The highest BCUT2D eigenvalue weighted by molar-refractivity contribution is 7.93. The summed E-state index contributed by atoms with van der Waals surface area (Å²) in [5, 5.41) is 0.730. The van der Waals surface area contributed by atoms with E-state index in [0.29, 0.717) is 10.7 Å². The minimum atomic E-state index is -3.84. The van der Waals surface area contributed by atoms with Gasteiger partial charge in [-0.05, 0) is 42.0 Å². The van der Waals surface area contributed by atoms with E-state index in [1.807, 2.05) is 30.3 Å². The lowest BCUT2D eigenvalue weighted by Gasteiger charge is -2.25. The second kappa shape index (κ2) is 7.48. The van der Waals surface area contributed by atoms with Gasteiger partial charge >= 0.3 is 0 Å². The minimum Gasteiger partial charge on any atom is -0.262 e.